The summed E-state index contributed by atoms with van der Waals surface area (Å²) in [5.41, 5.74) is 2.24. The lowest BCUT2D eigenvalue weighted by atomic mass is 10.0. The molecule has 8 heteroatoms. The summed E-state index contributed by atoms with van der Waals surface area (Å²) in [7, 11) is 0. The van der Waals surface area contributed by atoms with Gasteiger partial charge in [0, 0.05) is 32.9 Å². The van der Waals surface area contributed by atoms with Crippen LogP contribution in [0.3, 0.4) is 0 Å². The summed E-state index contributed by atoms with van der Waals surface area (Å²) in [6, 6.07) is 6.78. The van der Waals surface area contributed by atoms with E-state index in [0.717, 1.165) is 5.56 Å². The molecule has 0 unspecified atom stereocenters. The zero-order valence-corrected chi connectivity index (χ0v) is 14.8. The summed E-state index contributed by atoms with van der Waals surface area (Å²) in [6.07, 6.45) is -1.36. The Morgan fingerprint density at radius 2 is 1.92 bits per heavy atom. The van der Waals surface area contributed by atoms with Gasteiger partial charge in [0.25, 0.3) is 0 Å². The Labute approximate surface area is 154 Å². The third-order valence-electron chi connectivity index (χ3n) is 3.94. The number of thiophene rings is 1. The van der Waals surface area contributed by atoms with Crippen LogP contribution in [0.4, 0.5) is 13.2 Å². The van der Waals surface area contributed by atoms with Crippen molar-refractivity contribution in [3.05, 3.63) is 51.4 Å². The zero-order chi connectivity index (χ0) is 17.8. The number of alkyl halides is 3. The van der Waals surface area contributed by atoms with Gasteiger partial charge in [-0.15, -0.1) is 11.3 Å². The van der Waals surface area contributed by atoms with E-state index < -0.39 is 12.7 Å². The molecule has 0 aliphatic carbocycles. The highest BCUT2D eigenvalue weighted by molar-refractivity contribution is 7.14. The van der Waals surface area contributed by atoms with Gasteiger partial charge in [-0.05, 0) is 29.8 Å². The molecule has 4 rings (SSSR count). The van der Waals surface area contributed by atoms with Crippen molar-refractivity contribution in [2.75, 3.05) is 0 Å². The highest BCUT2D eigenvalue weighted by atomic mass is 35.5. The van der Waals surface area contributed by atoms with Crippen LogP contribution in [0, 0.1) is 0 Å². The van der Waals surface area contributed by atoms with E-state index in [4.69, 9.17) is 23.2 Å². The summed E-state index contributed by atoms with van der Waals surface area (Å²) in [5, 5.41) is 3.60. The second-order valence-electron chi connectivity index (χ2n) is 5.58. The van der Waals surface area contributed by atoms with Crippen molar-refractivity contribution in [2.45, 2.75) is 12.7 Å². The number of benzene rings is 1. The highest BCUT2D eigenvalue weighted by Crippen LogP contribution is 2.41. The molecule has 1 aromatic carbocycles. The first kappa shape index (κ1) is 16.7. The number of aromatic nitrogens is 2. The number of fused-ring (bicyclic) bond motifs is 3. The maximum Gasteiger partial charge on any atom is 0.406 e. The van der Waals surface area contributed by atoms with Gasteiger partial charge in [0.05, 0.1) is 21.6 Å². The van der Waals surface area contributed by atoms with Crippen molar-refractivity contribution in [3.8, 4) is 11.1 Å². The molecule has 128 valence electrons. The van der Waals surface area contributed by atoms with Gasteiger partial charge < -0.3 is 4.57 Å². The first-order valence-electron chi connectivity index (χ1n) is 7.20. The minimum atomic E-state index is -4.36. The maximum atomic E-state index is 13.2. The molecule has 4 aromatic rings. The van der Waals surface area contributed by atoms with Gasteiger partial charge >= 0.3 is 6.18 Å². The molecule has 0 spiro atoms. The van der Waals surface area contributed by atoms with E-state index >= 15 is 0 Å². The average molecular weight is 401 g/mol. The predicted octanol–water partition coefficient (Wildman–Crippen LogP) is 6.79. The molecule has 0 N–H and O–H groups in total. The van der Waals surface area contributed by atoms with E-state index in [1.165, 1.54) is 22.1 Å². The van der Waals surface area contributed by atoms with Gasteiger partial charge in [-0.3, -0.25) is 4.98 Å². The van der Waals surface area contributed by atoms with Crippen LogP contribution in [-0.2, 0) is 6.54 Å². The van der Waals surface area contributed by atoms with E-state index in [-0.39, 0.29) is 0 Å². The van der Waals surface area contributed by atoms with Gasteiger partial charge in [0.2, 0.25) is 0 Å². The molecule has 25 heavy (non-hydrogen) atoms. The Bertz CT molecular complexity index is 1100. The van der Waals surface area contributed by atoms with Gasteiger partial charge in [-0.25, -0.2) is 0 Å². The Morgan fingerprint density at radius 1 is 1.12 bits per heavy atom. The minimum absolute atomic E-state index is 0.416. The van der Waals surface area contributed by atoms with Gasteiger partial charge in [-0.2, -0.15) is 13.2 Å². The molecule has 0 aliphatic heterocycles. The van der Waals surface area contributed by atoms with Crippen LogP contribution in [0.1, 0.15) is 0 Å². The van der Waals surface area contributed by atoms with Crippen LogP contribution in [0.5, 0.6) is 0 Å². The fourth-order valence-corrected chi connectivity index (χ4v) is 4.16. The van der Waals surface area contributed by atoms with Crippen molar-refractivity contribution < 1.29 is 13.2 Å². The molecule has 0 saturated carbocycles. The smallest absolute Gasteiger partial charge is 0.329 e. The van der Waals surface area contributed by atoms with E-state index in [1.54, 1.807) is 35.8 Å². The van der Waals surface area contributed by atoms with Crippen molar-refractivity contribution >= 4 is 56.3 Å². The van der Waals surface area contributed by atoms with E-state index in [1.807, 2.05) is 0 Å². The topological polar surface area (TPSA) is 17.8 Å². The van der Waals surface area contributed by atoms with Crippen molar-refractivity contribution in [1.82, 2.24) is 9.55 Å². The Balaban J connectivity index is 2.15. The molecule has 0 radical (unpaired) electrons. The standard InChI is InChI=1S/C17H9Cl2F3N2S/c18-10-4-12(9-3-15(19)25-7-9)16-13(5-10)11-1-2-23-6-14(11)24(16)8-17(20,21)22/h1-7H,8H2. The molecular weight excluding hydrogens is 392 g/mol. The summed E-state index contributed by atoms with van der Waals surface area (Å²) >= 11 is 13.6. The predicted molar refractivity (Wildman–Crippen MR) is 96.6 cm³/mol. The maximum absolute atomic E-state index is 13.2. The SMILES string of the molecule is FC(F)(F)Cn1c2cnccc2c2cc(Cl)cc(-c3csc(Cl)c3)c21. The lowest BCUT2D eigenvalue weighted by Gasteiger charge is -2.13. The second kappa shape index (κ2) is 5.90. The van der Waals surface area contributed by atoms with Crippen LogP contribution in [0.2, 0.25) is 9.36 Å². The molecule has 2 nitrogen and oxygen atoms in total. The van der Waals surface area contributed by atoms with Gasteiger partial charge in [0.1, 0.15) is 6.54 Å². The van der Waals surface area contributed by atoms with Crippen LogP contribution in [0.25, 0.3) is 32.9 Å². The van der Waals surface area contributed by atoms with E-state index in [2.05, 4.69) is 4.98 Å². The fourth-order valence-electron chi connectivity index (χ4n) is 3.06. The largest absolute Gasteiger partial charge is 0.406 e. The van der Waals surface area contributed by atoms with Crippen LogP contribution in [-0.4, -0.2) is 15.7 Å². The Kier molecular flexibility index (Phi) is 3.94. The Hall–Kier alpha value is -1.76. The average Bonchev–Trinajstić information content (AvgIpc) is 3.09. The van der Waals surface area contributed by atoms with Gasteiger partial charge in [-0.1, -0.05) is 23.2 Å². The van der Waals surface area contributed by atoms with E-state index in [0.29, 0.717) is 36.7 Å². The number of nitrogens with zero attached hydrogens (tertiary/aromatic N) is 2. The molecule has 3 heterocycles. The molecule has 0 amide bonds. The molecule has 0 saturated heterocycles. The monoisotopic (exact) mass is 400 g/mol. The van der Waals surface area contributed by atoms with Crippen LogP contribution in [0.15, 0.2) is 42.0 Å². The van der Waals surface area contributed by atoms with E-state index in [9.17, 15) is 13.2 Å². The number of rotatable bonds is 2. The summed E-state index contributed by atoms with van der Waals surface area (Å²) in [4.78, 5) is 3.99. The first-order chi connectivity index (χ1) is 11.8. The van der Waals surface area contributed by atoms with Gasteiger partial charge in [0.15, 0.2) is 0 Å². The number of hydrogen-bond acceptors (Lipinski definition) is 2. The fraction of sp³-hybridized carbons (Fsp3) is 0.118. The minimum Gasteiger partial charge on any atom is -0.329 e. The van der Waals surface area contributed by atoms with Crippen molar-refractivity contribution in [2.24, 2.45) is 0 Å². The number of pyridine rings is 1. The molecule has 0 atom stereocenters. The summed E-state index contributed by atoms with van der Waals surface area (Å²) in [6.45, 7) is -1.11. The number of hydrogen-bond donors (Lipinski definition) is 0. The van der Waals surface area contributed by atoms with Crippen molar-refractivity contribution in [1.29, 1.82) is 0 Å². The molecule has 0 aliphatic rings. The summed E-state index contributed by atoms with van der Waals surface area (Å²) < 4.78 is 41.4. The normalized spacial score (nSPS) is 12.4. The lowest BCUT2D eigenvalue weighted by molar-refractivity contribution is -0.139. The second-order valence-corrected chi connectivity index (χ2v) is 7.56. The van der Waals surface area contributed by atoms with Crippen LogP contribution < -0.4 is 0 Å². The zero-order valence-electron chi connectivity index (χ0n) is 12.4. The Morgan fingerprint density at radius 3 is 2.60 bits per heavy atom. The molecular formula is C17H9Cl2F3N2S. The molecule has 0 fully saturated rings. The third kappa shape index (κ3) is 2.99. The first-order valence-corrected chi connectivity index (χ1v) is 8.84. The highest BCUT2D eigenvalue weighted by Gasteiger charge is 2.30. The quantitative estimate of drug-likeness (QED) is 0.362. The van der Waals surface area contributed by atoms with Crippen molar-refractivity contribution in [3.63, 3.8) is 0 Å². The molecule has 0 bridgehead atoms. The summed E-state index contributed by atoms with van der Waals surface area (Å²) in [5.74, 6) is 0. The van der Waals surface area contributed by atoms with Crippen LogP contribution >= 0.6 is 34.5 Å². The lowest BCUT2D eigenvalue weighted by Crippen LogP contribution is -2.17. The molecule has 3 aromatic heterocycles. The number of halogens is 5. The third-order valence-corrected chi connectivity index (χ3v) is 5.25.